The van der Waals surface area contributed by atoms with E-state index < -0.39 is 5.60 Å². The summed E-state index contributed by atoms with van der Waals surface area (Å²) in [4.78, 5) is 22.9. The van der Waals surface area contributed by atoms with Crippen LogP contribution < -0.4 is 16.5 Å². The number of ether oxygens (including phenoxy) is 1. The molecule has 208 valence electrons. The Labute approximate surface area is 239 Å². The number of hydrogen-bond acceptors (Lipinski definition) is 8. The summed E-state index contributed by atoms with van der Waals surface area (Å²) < 4.78 is 6.77. The molecule has 10 heteroatoms. The maximum Gasteiger partial charge on any atom is 0.410 e. The fourth-order valence-electron chi connectivity index (χ4n) is 5.59. The summed E-state index contributed by atoms with van der Waals surface area (Å²) in [6.45, 7) is 7.99. The Bertz CT molecular complexity index is 1410. The second kappa shape index (κ2) is 10.9. The number of carbonyl (C=O) groups is 1. The minimum atomic E-state index is -0.510. The number of aryl methyl sites for hydroxylation is 1. The Morgan fingerprint density at radius 1 is 1.28 bits per heavy atom. The topological polar surface area (TPSA) is 101 Å². The van der Waals surface area contributed by atoms with Gasteiger partial charge in [-0.2, -0.15) is 0 Å². The third kappa shape index (κ3) is 6.10. The van der Waals surface area contributed by atoms with E-state index in [0.717, 1.165) is 57.1 Å². The van der Waals surface area contributed by atoms with E-state index in [0.29, 0.717) is 25.2 Å². The Hall–Kier alpha value is -3.01. The number of halogens is 1. The zero-order chi connectivity index (χ0) is 27.9. The van der Waals surface area contributed by atoms with Crippen molar-refractivity contribution in [3.05, 3.63) is 57.8 Å². The van der Waals surface area contributed by atoms with Gasteiger partial charge < -0.3 is 25.3 Å². The van der Waals surface area contributed by atoms with Gasteiger partial charge in [0.2, 0.25) is 0 Å². The van der Waals surface area contributed by atoms with Crippen LogP contribution >= 0.6 is 22.9 Å². The Morgan fingerprint density at radius 2 is 2.08 bits per heavy atom. The zero-order valence-corrected chi connectivity index (χ0v) is 24.6. The van der Waals surface area contributed by atoms with E-state index >= 15 is 0 Å². The number of benzene rings is 1. The lowest BCUT2D eigenvalue weighted by Crippen LogP contribution is -2.43. The van der Waals surface area contributed by atoms with Crippen molar-refractivity contribution in [3.63, 3.8) is 0 Å². The Kier molecular flexibility index (Phi) is 7.68. The molecule has 1 fully saturated rings. The van der Waals surface area contributed by atoms with Crippen LogP contribution in [0.2, 0.25) is 5.02 Å². The van der Waals surface area contributed by atoms with Crippen LogP contribution in [0.15, 0.2) is 42.4 Å². The van der Waals surface area contributed by atoms with Crippen molar-refractivity contribution in [1.29, 1.82) is 0 Å². The molecule has 0 bridgehead atoms. The number of hydrogen-bond donors (Lipinski definition) is 2. The molecule has 0 radical (unpaired) electrons. The normalized spacial score (nSPS) is 18.0. The smallest absolute Gasteiger partial charge is 0.410 e. The van der Waals surface area contributed by atoms with Crippen LogP contribution in [0, 0.1) is 0 Å². The van der Waals surface area contributed by atoms with Crippen molar-refractivity contribution in [2.45, 2.75) is 58.1 Å². The van der Waals surface area contributed by atoms with Crippen molar-refractivity contribution < 1.29 is 9.53 Å². The van der Waals surface area contributed by atoms with Crippen LogP contribution in [0.3, 0.4) is 0 Å². The lowest BCUT2D eigenvalue weighted by molar-refractivity contribution is 0.0292. The van der Waals surface area contributed by atoms with Gasteiger partial charge in [-0.25, -0.2) is 10.6 Å². The fraction of sp³-hybridized carbons (Fsp3) is 0.448. The zero-order valence-electron chi connectivity index (χ0n) is 23.0. The van der Waals surface area contributed by atoms with Gasteiger partial charge in [0.1, 0.15) is 5.60 Å². The van der Waals surface area contributed by atoms with Crippen molar-refractivity contribution >= 4 is 44.9 Å². The van der Waals surface area contributed by atoms with Gasteiger partial charge in [0.05, 0.1) is 10.2 Å². The molecule has 4 N–H and O–H groups in total. The molecule has 1 amide bonds. The van der Waals surface area contributed by atoms with E-state index in [1.165, 1.54) is 16.3 Å². The molecule has 0 saturated carbocycles. The van der Waals surface area contributed by atoms with Crippen LogP contribution in [-0.4, -0.2) is 59.3 Å². The van der Waals surface area contributed by atoms with Gasteiger partial charge >= 0.3 is 6.09 Å². The van der Waals surface area contributed by atoms with Gasteiger partial charge in [-0.1, -0.05) is 11.6 Å². The molecular formula is C29H37ClN6O2S. The maximum absolute atomic E-state index is 12.8. The molecule has 0 aliphatic carbocycles. The maximum atomic E-state index is 12.8. The Balaban J connectivity index is 1.51. The van der Waals surface area contributed by atoms with E-state index in [1.54, 1.807) is 24.6 Å². The lowest BCUT2D eigenvalue weighted by atomic mass is 9.92. The molecule has 0 spiro atoms. The average Bonchev–Trinajstić information content (AvgIpc) is 3.48. The number of rotatable bonds is 5. The second-order valence-electron chi connectivity index (χ2n) is 11.5. The third-order valence-electron chi connectivity index (χ3n) is 7.04. The highest BCUT2D eigenvalue weighted by atomic mass is 35.5. The predicted octanol–water partition coefficient (Wildman–Crippen LogP) is 5.53. The molecule has 2 aliphatic rings. The predicted molar refractivity (Wildman–Crippen MR) is 160 cm³/mol. The number of amides is 1. The number of thiophene rings is 1. The molecule has 8 nitrogen and oxygen atoms in total. The van der Waals surface area contributed by atoms with Gasteiger partial charge in [0.25, 0.3) is 0 Å². The van der Waals surface area contributed by atoms with Gasteiger partial charge in [-0.3, -0.25) is 4.98 Å². The van der Waals surface area contributed by atoms with Crippen LogP contribution in [-0.2, 0) is 17.6 Å². The number of likely N-dealkylation sites (tertiary alicyclic amines) is 1. The summed E-state index contributed by atoms with van der Waals surface area (Å²) in [5.41, 5.74) is 12.0. The summed E-state index contributed by atoms with van der Waals surface area (Å²) in [6.07, 6.45) is 6.87. The van der Waals surface area contributed by atoms with Crippen LogP contribution in [0.5, 0.6) is 0 Å². The van der Waals surface area contributed by atoms with E-state index in [4.69, 9.17) is 27.9 Å². The Morgan fingerprint density at radius 3 is 2.82 bits per heavy atom. The molecule has 39 heavy (non-hydrogen) atoms. The van der Waals surface area contributed by atoms with Gasteiger partial charge in [0, 0.05) is 84.0 Å². The molecule has 2 aromatic heterocycles. The quantitative estimate of drug-likeness (QED) is 0.308. The summed E-state index contributed by atoms with van der Waals surface area (Å²) in [7, 11) is 1.75. The molecule has 1 atom stereocenters. The number of pyridine rings is 1. The highest BCUT2D eigenvalue weighted by molar-refractivity contribution is 7.19. The molecule has 5 rings (SSSR count). The van der Waals surface area contributed by atoms with Crippen molar-refractivity contribution in [2.75, 3.05) is 31.6 Å². The summed E-state index contributed by atoms with van der Waals surface area (Å²) in [5, 5.41) is 2.19. The number of nitrogens with two attached hydrogens (primary N) is 2. The molecule has 1 unspecified atom stereocenters. The highest BCUT2D eigenvalue weighted by Gasteiger charge is 2.36. The summed E-state index contributed by atoms with van der Waals surface area (Å²) >= 11 is 8.40. The monoisotopic (exact) mass is 568 g/mol. The van der Waals surface area contributed by atoms with E-state index in [-0.39, 0.29) is 12.1 Å². The molecule has 3 aromatic rings. The first-order chi connectivity index (χ1) is 18.5. The standard InChI is InChI=1S/C29H37ClN6O2S/c1-29(2,3)38-28(37)35-11-8-21(17-35)36-10-5-6-18-12-19(30)13-24(26(18)36)23-7-9-33-25-15-22(39-27(23)25)14-20(31)16-34(4)32/h7,9,12-13,15-16,21H,5-6,8,10-11,14,17,31-32H2,1-4H3/b20-16-. The average molecular weight is 569 g/mol. The first-order valence-corrected chi connectivity index (χ1v) is 14.6. The van der Waals surface area contributed by atoms with E-state index in [9.17, 15) is 4.79 Å². The minimum Gasteiger partial charge on any atom is -0.444 e. The van der Waals surface area contributed by atoms with Crippen LogP contribution in [0.4, 0.5) is 10.5 Å². The molecule has 4 heterocycles. The number of anilines is 1. The minimum absolute atomic E-state index is 0.214. The summed E-state index contributed by atoms with van der Waals surface area (Å²) in [5.74, 6) is 5.74. The SMILES string of the molecule is CN(N)/C=C(\N)Cc1cc2nccc(-c3cc(Cl)cc4c3N(C3CCN(C(=O)OC(C)(C)C)C3)CCC4)c2s1. The lowest BCUT2D eigenvalue weighted by Gasteiger charge is -2.38. The molecule has 2 aliphatic heterocycles. The van der Waals surface area contributed by atoms with Crippen LogP contribution in [0.25, 0.3) is 21.3 Å². The first-order valence-electron chi connectivity index (χ1n) is 13.4. The van der Waals surface area contributed by atoms with Gasteiger partial charge in [-0.15, -0.1) is 11.3 Å². The van der Waals surface area contributed by atoms with Crippen molar-refractivity contribution in [2.24, 2.45) is 11.6 Å². The van der Waals surface area contributed by atoms with E-state index in [2.05, 4.69) is 34.1 Å². The second-order valence-corrected chi connectivity index (χ2v) is 13.0. The van der Waals surface area contributed by atoms with Gasteiger partial charge in [0.15, 0.2) is 0 Å². The molecular weight excluding hydrogens is 532 g/mol. The number of hydrazine groups is 1. The third-order valence-corrected chi connectivity index (χ3v) is 8.42. The summed E-state index contributed by atoms with van der Waals surface area (Å²) in [6, 6.07) is 8.57. The largest absolute Gasteiger partial charge is 0.444 e. The number of nitrogens with zero attached hydrogens (tertiary/aromatic N) is 4. The first kappa shape index (κ1) is 27.6. The highest BCUT2D eigenvalue weighted by Crippen LogP contribution is 2.45. The van der Waals surface area contributed by atoms with Crippen LogP contribution in [0.1, 0.15) is 44.1 Å². The number of carbonyl (C=O) groups excluding carboxylic acids is 1. The molecule has 1 saturated heterocycles. The van der Waals surface area contributed by atoms with Gasteiger partial charge in [-0.05, 0) is 69.9 Å². The number of fused-ring (bicyclic) bond motifs is 2. The fourth-order valence-corrected chi connectivity index (χ4v) is 7.01. The number of allylic oxidation sites excluding steroid dienone is 1. The van der Waals surface area contributed by atoms with E-state index in [1.807, 2.05) is 31.9 Å². The molecule has 1 aromatic carbocycles. The van der Waals surface area contributed by atoms with Crippen molar-refractivity contribution in [1.82, 2.24) is 14.9 Å². The van der Waals surface area contributed by atoms with Crippen molar-refractivity contribution in [3.8, 4) is 11.1 Å². The number of aromatic nitrogens is 1.